The molecule has 5 nitrogen and oxygen atoms in total. The Morgan fingerprint density at radius 2 is 2.00 bits per heavy atom. The molecule has 0 bridgehead atoms. The number of amides is 2. The number of hydrogen-bond donors (Lipinski definition) is 3. The van der Waals surface area contributed by atoms with Gasteiger partial charge in [0.25, 0.3) is 0 Å². The first kappa shape index (κ1) is 15.6. The number of nitrogens with one attached hydrogen (secondary N) is 2. The molecule has 2 amide bonds. The molecule has 1 aromatic rings. The molecule has 2 rings (SSSR count). The zero-order valence-electron chi connectivity index (χ0n) is 11.7. The Hall–Kier alpha value is -1.75. The zero-order valence-corrected chi connectivity index (χ0v) is 12.4. The lowest BCUT2D eigenvalue weighted by molar-refractivity contribution is 0.0698. The van der Waals surface area contributed by atoms with Crippen LogP contribution in [0.2, 0.25) is 5.02 Å². The number of rotatable bonds is 5. The van der Waals surface area contributed by atoms with Crippen molar-refractivity contribution in [3.63, 3.8) is 0 Å². The van der Waals surface area contributed by atoms with Crippen LogP contribution in [0.15, 0.2) is 18.2 Å². The van der Waals surface area contributed by atoms with Crippen LogP contribution in [0.25, 0.3) is 0 Å². The highest BCUT2D eigenvalue weighted by Crippen LogP contribution is 2.27. The summed E-state index contributed by atoms with van der Waals surface area (Å²) in [7, 11) is 0. The molecular formula is C15H19ClN2O3. The topological polar surface area (TPSA) is 78.4 Å². The number of carboxylic acid groups (broad SMARTS) is 1. The molecule has 1 saturated carbocycles. The van der Waals surface area contributed by atoms with E-state index in [0.717, 1.165) is 6.42 Å². The molecule has 0 aromatic heterocycles. The first-order valence-corrected chi connectivity index (χ1v) is 7.52. The molecule has 6 heteroatoms. The Balaban J connectivity index is 1.85. The predicted octanol–water partition coefficient (Wildman–Crippen LogP) is 3.74. The van der Waals surface area contributed by atoms with E-state index in [1.165, 1.54) is 37.8 Å². The van der Waals surface area contributed by atoms with Gasteiger partial charge in [-0.15, -0.1) is 0 Å². The Kier molecular flexibility index (Phi) is 5.44. The van der Waals surface area contributed by atoms with Gasteiger partial charge < -0.3 is 15.7 Å². The maximum atomic E-state index is 11.8. The number of urea groups is 1. The molecule has 0 radical (unpaired) electrons. The standard InChI is InChI=1S/C15H19ClN2O3/c16-11-5-6-13(12(9-11)14(19)20)18-15(21)17-8-7-10-3-1-2-4-10/h5-6,9-10H,1-4,7-8H2,(H,19,20)(H2,17,18,21). The van der Waals surface area contributed by atoms with Gasteiger partial charge in [-0.3, -0.25) is 0 Å². The number of aromatic carboxylic acids is 1. The molecule has 0 saturated heterocycles. The maximum absolute atomic E-state index is 11.8. The summed E-state index contributed by atoms with van der Waals surface area (Å²) in [6.45, 7) is 0.604. The van der Waals surface area contributed by atoms with E-state index in [4.69, 9.17) is 16.7 Å². The first-order valence-electron chi connectivity index (χ1n) is 7.14. The molecule has 21 heavy (non-hydrogen) atoms. The SMILES string of the molecule is O=C(NCCC1CCCC1)Nc1ccc(Cl)cc1C(=O)O. The van der Waals surface area contributed by atoms with Crippen LogP contribution in [0.4, 0.5) is 10.5 Å². The van der Waals surface area contributed by atoms with Gasteiger partial charge in [0.05, 0.1) is 11.3 Å². The highest BCUT2D eigenvalue weighted by atomic mass is 35.5. The summed E-state index contributed by atoms with van der Waals surface area (Å²) >= 11 is 5.76. The quantitative estimate of drug-likeness (QED) is 0.775. The van der Waals surface area contributed by atoms with E-state index in [1.54, 1.807) is 6.07 Å². The number of carbonyl (C=O) groups is 2. The van der Waals surface area contributed by atoms with Crippen LogP contribution < -0.4 is 10.6 Å². The fraction of sp³-hybridized carbons (Fsp3) is 0.467. The number of carboxylic acids is 1. The number of carbonyl (C=O) groups excluding carboxylic acids is 1. The molecule has 0 spiro atoms. The molecule has 3 N–H and O–H groups in total. The fourth-order valence-electron chi connectivity index (χ4n) is 2.66. The summed E-state index contributed by atoms with van der Waals surface area (Å²) in [5, 5.41) is 14.7. The second kappa shape index (κ2) is 7.31. The number of halogens is 1. The second-order valence-electron chi connectivity index (χ2n) is 5.32. The summed E-state index contributed by atoms with van der Waals surface area (Å²) < 4.78 is 0. The highest BCUT2D eigenvalue weighted by molar-refractivity contribution is 6.31. The summed E-state index contributed by atoms with van der Waals surface area (Å²) in [4.78, 5) is 22.9. The van der Waals surface area contributed by atoms with E-state index in [0.29, 0.717) is 17.5 Å². The lowest BCUT2D eigenvalue weighted by atomic mass is 10.0. The van der Waals surface area contributed by atoms with Crippen LogP contribution in [-0.2, 0) is 0 Å². The highest BCUT2D eigenvalue weighted by Gasteiger charge is 2.16. The Morgan fingerprint density at radius 3 is 2.67 bits per heavy atom. The van der Waals surface area contributed by atoms with Crippen molar-refractivity contribution in [2.24, 2.45) is 5.92 Å². The van der Waals surface area contributed by atoms with Crippen molar-refractivity contribution >= 4 is 29.3 Å². The average Bonchev–Trinajstić information content (AvgIpc) is 2.94. The monoisotopic (exact) mass is 310 g/mol. The van der Waals surface area contributed by atoms with Crippen LogP contribution in [0.3, 0.4) is 0 Å². The largest absolute Gasteiger partial charge is 0.478 e. The van der Waals surface area contributed by atoms with Crippen molar-refractivity contribution in [3.05, 3.63) is 28.8 Å². The van der Waals surface area contributed by atoms with E-state index >= 15 is 0 Å². The van der Waals surface area contributed by atoms with Crippen LogP contribution in [0, 0.1) is 5.92 Å². The average molecular weight is 311 g/mol. The van der Waals surface area contributed by atoms with Crippen LogP contribution in [0.5, 0.6) is 0 Å². The fourth-order valence-corrected chi connectivity index (χ4v) is 2.83. The van der Waals surface area contributed by atoms with E-state index in [2.05, 4.69) is 10.6 Å². The molecule has 0 heterocycles. The minimum Gasteiger partial charge on any atom is -0.478 e. The number of hydrogen-bond acceptors (Lipinski definition) is 2. The molecule has 1 fully saturated rings. The molecule has 0 atom stereocenters. The van der Waals surface area contributed by atoms with Crippen LogP contribution >= 0.6 is 11.6 Å². The van der Waals surface area contributed by atoms with Gasteiger partial charge in [-0.25, -0.2) is 9.59 Å². The Bertz CT molecular complexity index is 528. The normalized spacial score (nSPS) is 14.9. The van der Waals surface area contributed by atoms with Crippen LogP contribution in [-0.4, -0.2) is 23.7 Å². The Morgan fingerprint density at radius 1 is 1.29 bits per heavy atom. The molecule has 0 unspecified atom stereocenters. The summed E-state index contributed by atoms with van der Waals surface area (Å²) in [5.41, 5.74) is 0.221. The smallest absolute Gasteiger partial charge is 0.337 e. The third kappa shape index (κ3) is 4.63. The van der Waals surface area contributed by atoms with Gasteiger partial charge in [0.1, 0.15) is 0 Å². The Labute approximate surface area is 128 Å². The van der Waals surface area contributed by atoms with E-state index < -0.39 is 12.0 Å². The molecular weight excluding hydrogens is 292 g/mol. The van der Waals surface area contributed by atoms with Crippen molar-refractivity contribution in [1.82, 2.24) is 5.32 Å². The van der Waals surface area contributed by atoms with Gasteiger partial charge in [-0.05, 0) is 30.5 Å². The van der Waals surface area contributed by atoms with Crippen molar-refractivity contribution < 1.29 is 14.7 Å². The van der Waals surface area contributed by atoms with Crippen molar-refractivity contribution in [1.29, 1.82) is 0 Å². The minimum absolute atomic E-state index is 0.0200. The van der Waals surface area contributed by atoms with Gasteiger partial charge in [-0.2, -0.15) is 0 Å². The molecule has 1 aliphatic rings. The number of benzene rings is 1. The maximum Gasteiger partial charge on any atom is 0.337 e. The summed E-state index contributed by atoms with van der Waals surface area (Å²) in [6.07, 6.45) is 6.01. The zero-order chi connectivity index (χ0) is 15.2. The molecule has 1 aliphatic carbocycles. The minimum atomic E-state index is -1.13. The van der Waals surface area contributed by atoms with E-state index in [-0.39, 0.29) is 11.3 Å². The van der Waals surface area contributed by atoms with Crippen molar-refractivity contribution in [2.75, 3.05) is 11.9 Å². The van der Waals surface area contributed by atoms with E-state index in [9.17, 15) is 9.59 Å². The predicted molar refractivity (Wildman–Crippen MR) is 82.0 cm³/mol. The summed E-state index contributed by atoms with van der Waals surface area (Å²) in [6, 6.07) is 3.96. The lowest BCUT2D eigenvalue weighted by Crippen LogP contribution is -2.30. The third-order valence-corrected chi connectivity index (χ3v) is 4.01. The van der Waals surface area contributed by atoms with Gasteiger partial charge in [0.2, 0.25) is 0 Å². The molecule has 0 aliphatic heterocycles. The van der Waals surface area contributed by atoms with E-state index in [1.807, 2.05) is 0 Å². The van der Waals surface area contributed by atoms with Gasteiger partial charge in [0, 0.05) is 11.6 Å². The van der Waals surface area contributed by atoms with Gasteiger partial charge in [0.15, 0.2) is 0 Å². The van der Waals surface area contributed by atoms with Gasteiger partial charge >= 0.3 is 12.0 Å². The van der Waals surface area contributed by atoms with Crippen LogP contribution in [0.1, 0.15) is 42.5 Å². The van der Waals surface area contributed by atoms with Gasteiger partial charge in [-0.1, -0.05) is 37.3 Å². The van der Waals surface area contributed by atoms with Crippen molar-refractivity contribution in [2.45, 2.75) is 32.1 Å². The lowest BCUT2D eigenvalue weighted by Gasteiger charge is -2.12. The van der Waals surface area contributed by atoms with Crippen molar-refractivity contribution in [3.8, 4) is 0 Å². The third-order valence-electron chi connectivity index (χ3n) is 3.77. The first-order chi connectivity index (χ1) is 10.1. The molecule has 114 valence electrons. The second-order valence-corrected chi connectivity index (χ2v) is 5.75. The molecule has 1 aromatic carbocycles. The number of anilines is 1. The summed E-state index contributed by atoms with van der Waals surface area (Å²) in [5.74, 6) is -0.422.